The monoisotopic (exact) mass is 315 g/mol. The second kappa shape index (κ2) is 12.9. The first-order chi connectivity index (χ1) is 8.74. The van der Waals surface area contributed by atoms with Gasteiger partial charge in [0.25, 0.3) is 0 Å². The fraction of sp³-hybridized carbons (Fsp3) is 0.667. The third-order valence-corrected chi connectivity index (χ3v) is 2.87. The van der Waals surface area contributed by atoms with Crippen LogP contribution >= 0.6 is 15.9 Å². The van der Waals surface area contributed by atoms with Crippen LogP contribution < -0.4 is 4.74 Å². The molecule has 2 nitrogen and oxygen atoms in total. The lowest BCUT2D eigenvalue weighted by Gasteiger charge is -2.02. The molecule has 18 heavy (non-hydrogen) atoms. The van der Waals surface area contributed by atoms with Crippen LogP contribution in [-0.2, 0) is 0 Å². The molecule has 0 N–H and O–H groups in total. The van der Waals surface area contributed by atoms with Crippen LogP contribution in [-0.4, -0.2) is 11.6 Å². The summed E-state index contributed by atoms with van der Waals surface area (Å²) in [5.41, 5.74) is 0. The second-order valence-corrected chi connectivity index (χ2v) is 5.14. The summed E-state index contributed by atoms with van der Waals surface area (Å²) in [6, 6.07) is 3.79. The first-order valence-electron chi connectivity index (χ1n) is 6.98. The van der Waals surface area contributed by atoms with Gasteiger partial charge in [0.15, 0.2) is 0 Å². The largest absolute Gasteiger partial charge is 0.478 e. The summed E-state index contributed by atoms with van der Waals surface area (Å²) >= 11 is 3.31. The summed E-state index contributed by atoms with van der Waals surface area (Å²) in [4.78, 5) is 4.08. The zero-order valence-electron chi connectivity index (χ0n) is 11.9. The highest BCUT2D eigenvalue weighted by molar-refractivity contribution is 9.10. The van der Waals surface area contributed by atoms with Crippen molar-refractivity contribution in [3.05, 3.63) is 22.8 Å². The van der Waals surface area contributed by atoms with E-state index in [-0.39, 0.29) is 0 Å². The summed E-state index contributed by atoms with van der Waals surface area (Å²) < 4.78 is 6.35. The van der Waals surface area contributed by atoms with Crippen molar-refractivity contribution in [2.24, 2.45) is 0 Å². The molecule has 0 unspecified atom stereocenters. The summed E-state index contributed by atoms with van der Waals surface area (Å²) in [7, 11) is 0. The predicted octanol–water partition coefficient (Wildman–Crippen LogP) is 5.61. The lowest BCUT2D eigenvalue weighted by Crippen LogP contribution is -1.97. The molecule has 0 saturated carbocycles. The molecule has 0 amide bonds. The minimum atomic E-state index is 0.701. The van der Waals surface area contributed by atoms with Crippen LogP contribution in [0.2, 0.25) is 0 Å². The first-order valence-corrected chi connectivity index (χ1v) is 7.78. The first kappa shape index (κ1) is 17.4. The van der Waals surface area contributed by atoms with Gasteiger partial charge in [-0.2, -0.15) is 0 Å². The second-order valence-electron chi connectivity index (χ2n) is 4.22. The molecular weight excluding hydrogens is 290 g/mol. The van der Waals surface area contributed by atoms with Crippen molar-refractivity contribution in [3.63, 3.8) is 0 Å². The Kier molecular flexibility index (Phi) is 12.5. The minimum Gasteiger partial charge on any atom is -0.478 e. The minimum absolute atomic E-state index is 0.701. The van der Waals surface area contributed by atoms with E-state index in [4.69, 9.17) is 4.74 Å². The number of unbranched alkanes of at least 4 members (excludes halogenated alkanes) is 4. The SMILES string of the molecule is CCCCCC.CCCCOc1ccc(Br)cn1. The van der Waals surface area contributed by atoms with E-state index in [0.717, 1.165) is 23.9 Å². The molecule has 0 radical (unpaired) electrons. The van der Waals surface area contributed by atoms with E-state index in [1.54, 1.807) is 6.20 Å². The summed E-state index contributed by atoms with van der Waals surface area (Å²) in [6.07, 6.45) is 9.50. The van der Waals surface area contributed by atoms with Gasteiger partial charge in [-0.25, -0.2) is 4.98 Å². The van der Waals surface area contributed by atoms with E-state index in [2.05, 4.69) is 41.7 Å². The van der Waals surface area contributed by atoms with Crippen molar-refractivity contribution in [3.8, 4) is 5.88 Å². The van der Waals surface area contributed by atoms with Gasteiger partial charge in [0.1, 0.15) is 0 Å². The molecule has 104 valence electrons. The number of hydrogen-bond donors (Lipinski definition) is 0. The molecule has 0 bridgehead atoms. The molecule has 1 heterocycles. The fourth-order valence-electron chi connectivity index (χ4n) is 1.27. The Balaban J connectivity index is 0.000000411. The van der Waals surface area contributed by atoms with Gasteiger partial charge in [0.05, 0.1) is 6.61 Å². The Labute approximate surface area is 120 Å². The Hall–Kier alpha value is -0.570. The van der Waals surface area contributed by atoms with Crippen LogP contribution in [0.5, 0.6) is 5.88 Å². The lowest BCUT2D eigenvalue weighted by atomic mass is 10.2. The van der Waals surface area contributed by atoms with Gasteiger partial charge in [-0.05, 0) is 28.4 Å². The van der Waals surface area contributed by atoms with E-state index in [9.17, 15) is 0 Å². The van der Waals surface area contributed by atoms with E-state index in [0.29, 0.717) is 5.88 Å². The zero-order valence-corrected chi connectivity index (χ0v) is 13.5. The number of nitrogens with zero attached hydrogens (tertiary/aromatic N) is 1. The smallest absolute Gasteiger partial charge is 0.213 e. The molecule has 1 aromatic rings. The van der Waals surface area contributed by atoms with Crippen LogP contribution in [0.15, 0.2) is 22.8 Å². The number of rotatable bonds is 7. The summed E-state index contributed by atoms with van der Waals surface area (Å²) in [5, 5.41) is 0. The van der Waals surface area contributed by atoms with Crippen molar-refractivity contribution < 1.29 is 4.74 Å². The topological polar surface area (TPSA) is 22.1 Å². The molecular formula is C15H26BrNO. The maximum atomic E-state index is 5.37. The van der Waals surface area contributed by atoms with Crippen molar-refractivity contribution in [1.29, 1.82) is 0 Å². The van der Waals surface area contributed by atoms with E-state index in [1.807, 2.05) is 12.1 Å². The van der Waals surface area contributed by atoms with Crippen molar-refractivity contribution >= 4 is 15.9 Å². The lowest BCUT2D eigenvalue weighted by molar-refractivity contribution is 0.297. The molecule has 0 aliphatic heterocycles. The van der Waals surface area contributed by atoms with Gasteiger partial charge in [-0.1, -0.05) is 52.9 Å². The molecule has 3 heteroatoms. The van der Waals surface area contributed by atoms with Gasteiger partial charge in [0, 0.05) is 16.7 Å². The number of aromatic nitrogens is 1. The summed E-state index contributed by atoms with van der Waals surface area (Å²) in [6.45, 7) is 7.36. The quantitative estimate of drug-likeness (QED) is 0.610. The summed E-state index contributed by atoms with van der Waals surface area (Å²) in [5.74, 6) is 0.701. The van der Waals surface area contributed by atoms with Crippen molar-refractivity contribution in [2.75, 3.05) is 6.61 Å². The maximum Gasteiger partial charge on any atom is 0.213 e. The van der Waals surface area contributed by atoms with Gasteiger partial charge in [-0.3, -0.25) is 0 Å². The van der Waals surface area contributed by atoms with E-state index < -0.39 is 0 Å². The fourth-order valence-corrected chi connectivity index (χ4v) is 1.50. The van der Waals surface area contributed by atoms with Gasteiger partial charge in [0.2, 0.25) is 5.88 Å². The molecule has 0 aliphatic rings. The Morgan fingerprint density at radius 2 is 1.61 bits per heavy atom. The Morgan fingerprint density at radius 1 is 1.00 bits per heavy atom. The molecule has 0 atom stereocenters. The highest BCUT2D eigenvalue weighted by atomic mass is 79.9. The Bertz CT molecular complexity index is 270. The maximum absolute atomic E-state index is 5.37. The molecule has 0 aliphatic carbocycles. The predicted molar refractivity (Wildman–Crippen MR) is 82.2 cm³/mol. The third-order valence-electron chi connectivity index (χ3n) is 2.41. The normalized spacial score (nSPS) is 9.56. The van der Waals surface area contributed by atoms with Gasteiger partial charge < -0.3 is 4.74 Å². The van der Waals surface area contributed by atoms with Crippen LogP contribution in [0.4, 0.5) is 0 Å². The highest BCUT2D eigenvalue weighted by Gasteiger charge is 1.93. The van der Waals surface area contributed by atoms with Crippen LogP contribution in [0.25, 0.3) is 0 Å². The molecule has 0 fully saturated rings. The van der Waals surface area contributed by atoms with E-state index in [1.165, 1.54) is 25.7 Å². The molecule has 0 spiro atoms. The Morgan fingerprint density at radius 3 is 2.06 bits per heavy atom. The number of ether oxygens (including phenoxy) is 1. The van der Waals surface area contributed by atoms with Gasteiger partial charge in [-0.15, -0.1) is 0 Å². The van der Waals surface area contributed by atoms with Crippen LogP contribution in [0.3, 0.4) is 0 Å². The van der Waals surface area contributed by atoms with Gasteiger partial charge >= 0.3 is 0 Å². The number of pyridine rings is 1. The average Bonchev–Trinajstić information content (AvgIpc) is 2.40. The average molecular weight is 316 g/mol. The molecule has 1 aromatic heterocycles. The van der Waals surface area contributed by atoms with Crippen LogP contribution in [0, 0.1) is 0 Å². The van der Waals surface area contributed by atoms with Crippen LogP contribution in [0.1, 0.15) is 59.3 Å². The standard InChI is InChI=1S/C9H12BrNO.C6H14/c1-2-3-6-12-9-5-4-8(10)7-11-9;1-3-5-6-4-2/h4-5,7H,2-3,6H2,1H3;3-6H2,1-2H3. The van der Waals surface area contributed by atoms with Crippen molar-refractivity contribution in [1.82, 2.24) is 4.98 Å². The molecule has 0 saturated heterocycles. The highest BCUT2D eigenvalue weighted by Crippen LogP contribution is 2.12. The number of hydrogen-bond acceptors (Lipinski definition) is 2. The van der Waals surface area contributed by atoms with Crippen molar-refractivity contribution in [2.45, 2.75) is 59.3 Å². The van der Waals surface area contributed by atoms with E-state index >= 15 is 0 Å². The third kappa shape index (κ3) is 10.6. The molecule has 0 aromatic carbocycles. The molecule has 1 rings (SSSR count). The zero-order chi connectivity index (χ0) is 13.6. The number of halogens is 1.